The van der Waals surface area contributed by atoms with E-state index in [1.165, 1.54) is 12.1 Å². The van der Waals surface area contributed by atoms with Gasteiger partial charge in [0.1, 0.15) is 11.0 Å². The highest BCUT2D eigenvalue weighted by molar-refractivity contribution is 6.36. The van der Waals surface area contributed by atoms with Crippen molar-refractivity contribution in [2.24, 2.45) is 0 Å². The Bertz CT molecular complexity index is 997. The number of piperidine rings is 1. The molecular formula is C22H24Cl2FN3O. The van der Waals surface area contributed by atoms with Crippen LogP contribution in [0.4, 0.5) is 4.39 Å². The Hall–Kier alpha value is -1.66. The summed E-state index contributed by atoms with van der Waals surface area (Å²) in [5.74, 6) is -0.220. The molecule has 3 aromatic rings. The zero-order valence-electron chi connectivity index (χ0n) is 16.5. The van der Waals surface area contributed by atoms with Gasteiger partial charge in [-0.3, -0.25) is 5.10 Å². The lowest BCUT2D eigenvalue weighted by Gasteiger charge is -2.41. The maximum atomic E-state index is 13.5. The van der Waals surface area contributed by atoms with E-state index in [-0.39, 0.29) is 17.3 Å². The zero-order chi connectivity index (χ0) is 20.6. The summed E-state index contributed by atoms with van der Waals surface area (Å²) in [6, 6.07) is 10.5. The number of ether oxygens (including phenoxy) is 1. The van der Waals surface area contributed by atoms with Gasteiger partial charge in [-0.2, -0.15) is 5.10 Å². The molecule has 1 aliphatic rings. The summed E-state index contributed by atoms with van der Waals surface area (Å²) in [6.45, 7) is 4.50. The highest BCUT2D eigenvalue weighted by Gasteiger charge is 2.36. The SMILES string of the molecule is C[C@H](OCC1(c2ccc(F)cc2)CCN(C)CC1)c1cc(Cl)cc2c(Cl)[nH]nc12. The van der Waals surface area contributed by atoms with E-state index >= 15 is 0 Å². The molecule has 1 fully saturated rings. The minimum atomic E-state index is -0.220. The second-order valence-electron chi connectivity index (χ2n) is 7.97. The molecule has 1 N–H and O–H groups in total. The van der Waals surface area contributed by atoms with Crippen LogP contribution in [0.15, 0.2) is 36.4 Å². The Labute approximate surface area is 179 Å². The van der Waals surface area contributed by atoms with Crippen LogP contribution in [-0.4, -0.2) is 41.8 Å². The molecule has 1 saturated heterocycles. The summed E-state index contributed by atoms with van der Waals surface area (Å²) in [4.78, 5) is 2.32. The van der Waals surface area contributed by atoms with Crippen LogP contribution < -0.4 is 0 Å². The molecule has 0 amide bonds. The molecule has 2 aromatic carbocycles. The maximum absolute atomic E-state index is 13.5. The highest BCUT2D eigenvalue weighted by Crippen LogP contribution is 2.38. The summed E-state index contributed by atoms with van der Waals surface area (Å²) < 4.78 is 19.9. The van der Waals surface area contributed by atoms with Crippen molar-refractivity contribution in [3.05, 3.63) is 63.5 Å². The topological polar surface area (TPSA) is 41.1 Å². The molecule has 154 valence electrons. The quantitative estimate of drug-likeness (QED) is 0.554. The molecule has 2 heterocycles. The van der Waals surface area contributed by atoms with Crippen LogP contribution in [0.2, 0.25) is 10.2 Å². The minimum Gasteiger partial charge on any atom is -0.373 e. The largest absolute Gasteiger partial charge is 0.373 e. The van der Waals surface area contributed by atoms with Gasteiger partial charge in [-0.15, -0.1) is 0 Å². The van der Waals surface area contributed by atoms with Gasteiger partial charge in [0.2, 0.25) is 0 Å². The van der Waals surface area contributed by atoms with Crippen molar-refractivity contribution in [1.82, 2.24) is 15.1 Å². The molecule has 4 nitrogen and oxygen atoms in total. The Balaban J connectivity index is 1.60. The lowest BCUT2D eigenvalue weighted by Crippen LogP contribution is -2.44. The molecule has 1 atom stereocenters. The number of likely N-dealkylation sites (tertiary alicyclic amines) is 1. The Morgan fingerprint density at radius 2 is 1.90 bits per heavy atom. The monoisotopic (exact) mass is 435 g/mol. The molecule has 7 heteroatoms. The van der Waals surface area contributed by atoms with E-state index in [9.17, 15) is 4.39 Å². The van der Waals surface area contributed by atoms with Crippen molar-refractivity contribution in [1.29, 1.82) is 0 Å². The van der Waals surface area contributed by atoms with Gasteiger partial charge >= 0.3 is 0 Å². The van der Waals surface area contributed by atoms with Crippen molar-refractivity contribution in [3.63, 3.8) is 0 Å². The average Bonchev–Trinajstić information content (AvgIpc) is 3.08. The average molecular weight is 436 g/mol. The van der Waals surface area contributed by atoms with Crippen LogP contribution in [0.5, 0.6) is 0 Å². The van der Waals surface area contributed by atoms with Crippen LogP contribution in [0.1, 0.15) is 37.0 Å². The van der Waals surface area contributed by atoms with E-state index in [0.29, 0.717) is 16.8 Å². The number of hydrogen-bond acceptors (Lipinski definition) is 3. The molecular weight excluding hydrogens is 412 g/mol. The molecule has 29 heavy (non-hydrogen) atoms. The lowest BCUT2D eigenvalue weighted by atomic mass is 9.73. The second-order valence-corrected chi connectivity index (χ2v) is 8.79. The Morgan fingerprint density at radius 3 is 2.59 bits per heavy atom. The third kappa shape index (κ3) is 4.15. The van der Waals surface area contributed by atoms with Crippen molar-refractivity contribution >= 4 is 34.1 Å². The number of fused-ring (bicyclic) bond motifs is 1. The third-order valence-electron chi connectivity index (χ3n) is 6.05. The molecule has 0 spiro atoms. The number of hydrogen-bond donors (Lipinski definition) is 1. The predicted molar refractivity (Wildman–Crippen MR) is 115 cm³/mol. The number of H-pyrrole nitrogens is 1. The molecule has 0 bridgehead atoms. The van der Waals surface area contributed by atoms with Gasteiger partial charge in [0.05, 0.1) is 18.2 Å². The number of benzene rings is 2. The number of nitrogens with zero attached hydrogens (tertiary/aromatic N) is 2. The molecule has 0 aliphatic carbocycles. The summed E-state index contributed by atoms with van der Waals surface area (Å²) in [7, 11) is 2.13. The third-order valence-corrected chi connectivity index (χ3v) is 6.56. The minimum absolute atomic E-state index is 0.143. The molecule has 1 aliphatic heterocycles. The van der Waals surface area contributed by atoms with Gasteiger partial charge in [0.15, 0.2) is 0 Å². The van der Waals surface area contributed by atoms with E-state index in [0.717, 1.165) is 48.0 Å². The number of aromatic amines is 1. The Morgan fingerprint density at radius 1 is 1.21 bits per heavy atom. The van der Waals surface area contributed by atoms with Gasteiger partial charge in [-0.1, -0.05) is 35.3 Å². The van der Waals surface area contributed by atoms with Crippen LogP contribution in [0.25, 0.3) is 10.9 Å². The Kier molecular flexibility index (Phi) is 5.85. The molecule has 0 saturated carbocycles. The highest BCUT2D eigenvalue weighted by atomic mass is 35.5. The normalized spacial score (nSPS) is 18.2. The predicted octanol–water partition coefficient (Wildman–Crippen LogP) is 5.75. The van der Waals surface area contributed by atoms with E-state index in [2.05, 4.69) is 22.1 Å². The first-order valence-electron chi connectivity index (χ1n) is 9.77. The van der Waals surface area contributed by atoms with Crippen molar-refractivity contribution in [2.45, 2.75) is 31.3 Å². The summed E-state index contributed by atoms with van der Waals surface area (Å²) in [5.41, 5.74) is 2.65. The fourth-order valence-corrected chi connectivity index (χ4v) is 4.54. The van der Waals surface area contributed by atoms with Gasteiger partial charge in [-0.05, 0) is 69.7 Å². The van der Waals surface area contributed by atoms with Crippen LogP contribution in [0.3, 0.4) is 0 Å². The van der Waals surface area contributed by atoms with Gasteiger partial charge in [-0.25, -0.2) is 4.39 Å². The smallest absolute Gasteiger partial charge is 0.132 e. The summed E-state index contributed by atoms with van der Waals surface area (Å²) in [6.07, 6.45) is 1.70. The number of rotatable bonds is 5. The molecule has 0 radical (unpaired) electrons. The van der Waals surface area contributed by atoms with Crippen molar-refractivity contribution in [2.75, 3.05) is 26.7 Å². The first kappa shape index (κ1) is 20.6. The standard InChI is InChI=1S/C22H24Cl2FN3O/c1-14(18-11-16(23)12-19-20(18)26-27-21(19)24)29-13-22(7-9-28(2)10-8-22)15-3-5-17(25)6-4-15/h3-6,11-12,14H,7-10,13H2,1-2H3,(H,26,27)/t14-/m0/s1. The van der Waals surface area contributed by atoms with E-state index in [1.807, 2.05) is 25.1 Å². The number of aromatic nitrogens is 2. The van der Waals surface area contributed by atoms with E-state index in [1.54, 1.807) is 6.07 Å². The van der Waals surface area contributed by atoms with Crippen LogP contribution in [0, 0.1) is 5.82 Å². The zero-order valence-corrected chi connectivity index (χ0v) is 18.0. The van der Waals surface area contributed by atoms with Crippen molar-refractivity contribution in [3.8, 4) is 0 Å². The number of nitrogens with one attached hydrogen (secondary N) is 1. The second kappa shape index (κ2) is 8.23. The fraction of sp³-hybridized carbons (Fsp3) is 0.409. The van der Waals surface area contributed by atoms with Crippen LogP contribution in [-0.2, 0) is 10.2 Å². The van der Waals surface area contributed by atoms with Crippen molar-refractivity contribution < 1.29 is 9.13 Å². The first-order valence-corrected chi connectivity index (χ1v) is 10.5. The molecule has 0 unspecified atom stereocenters. The van der Waals surface area contributed by atoms with E-state index < -0.39 is 0 Å². The van der Waals surface area contributed by atoms with Gasteiger partial charge < -0.3 is 9.64 Å². The maximum Gasteiger partial charge on any atom is 0.132 e. The molecule has 1 aromatic heterocycles. The van der Waals surface area contributed by atoms with Crippen LogP contribution >= 0.6 is 23.2 Å². The van der Waals surface area contributed by atoms with E-state index in [4.69, 9.17) is 27.9 Å². The van der Waals surface area contributed by atoms with Gasteiger partial charge in [0.25, 0.3) is 0 Å². The fourth-order valence-electron chi connectivity index (χ4n) is 4.13. The first-order chi connectivity index (χ1) is 13.9. The summed E-state index contributed by atoms with van der Waals surface area (Å²) >= 11 is 12.5. The number of halogens is 3. The van der Waals surface area contributed by atoms with Gasteiger partial charge in [0, 0.05) is 21.4 Å². The summed E-state index contributed by atoms with van der Waals surface area (Å²) in [5, 5.41) is 8.99. The molecule has 4 rings (SSSR count). The lowest BCUT2D eigenvalue weighted by molar-refractivity contribution is 0.00696.